The fourth-order valence-electron chi connectivity index (χ4n) is 2.22. The van der Waals surface area contributed by atoms with Crippen LogP contribution in [0.15, 0.2) is 72.8 Å². The van der Waals surface area contributed by atoms with Crippen LogP contribution in [0.4, 0.5) is 4.39 Å². The van der Waals surface area contributed by atoms with Crippen molar-refractivity contribution in [1.82, 2.24) is 0 Å². The van der Waals surface area contributed by atoms with E-state index in [1.165, 1.54) is 42.5 Å². The molecule has 5 heteroatoms. The first-order valence-electron chi connectivity index (χ1n) is 7.41. The molecule has 0 aromatic heterocycles. The minimum Gasteiger partial charge on any atom is -0.423 e. The van der Waals surface area contributed by atoms with Crippen LogP contribution in [0.1, 0.15) is 26.3 Å². The molecule has 0 heterocycles. The fraction of sp³-hybridized carbons (Fsp3) is 0. The molecule has 0 aliphatic rings. The Morgan fingerprint density at radius 3 is 2.00 bits per heavy atom. The Balaban J connectivity index is 1.73. The molecule has 0 atom stereocenters. The largest absolute Gasteiger partial charge is 0.423 e. The standard InChI is InChI=1S/C20H12ClFO3/c21-16-3-1-2-15(12-16)20(24)25-18-10-6-14(7-11-18)19(23)13-4-8-17(22)9-5-13/h1-12H. The maximum Gasteiger partial charge on any atom is 0.343 e. The van der Waals surface area contributed by atoms with E-state index in [0.29, 0.717) is 27.5 Å². The highest BCUT2D eigenvalue weighted by Crippen LogP contribution is 2.18. The first kappa shape index (κ1) is 16.9. The van der Waals surface area contributed by atoms with Gasteiger partial charge >= 0.3 is 5.97 Å². The van der Waals surface area contributed by atoms with E-state index < -0.39 is 11.8 Å². The third-order valence-electron chi connectivity index (χ3n) is 3.49. The topological polar surface area (TPSA) is 43.4 Å². The number of ketones is 1. The van der Waals surface area contributed by atoms with Gasteiger partial charge in [-0.2, -0.15) is 0 Å². The molecule has 25 heavy (non-hydrogen) atoms. The first-order chi connectivity index (χ1) is 12.0. The van der Waals surface area contributed by atoms with E-state index in [4.69, 9.17) is 16.3 Å². The molecular formula is C20H12ClFO3. The van der Waals surface area contributed by atoms with Gasteiger partial charge in [-0.15, -0.1) is 0 Å². The SMILES string of the molecule is O=C(Oc1ccc(C(=O)c2ccc(F)cc2)cc1)c1cccc(Cl)c1. The molecule has 0 amide bonds. The number of halogens is 2. The molecule has 3 aromatic carbocycles. The summed E-state index contributed by atoms with van der Waals surface area (Å²) in [6, 6.07) is 17.9. The van der Waals surface area contributed by atoms with Crippen LogP contribution >= 0.6 is 11.6 Å². The van der Waals surface area contributed by atoms with Gasteiger partial charge in [-0.05, 0) is 66.7 Å². The predicted octanol–water partition coefficient (Wildman–Crippen LogP) is 4.93. The normalized spacial score (nSPS) is 10.3. The average molecular weight is 355 g/mol. The quantitative estimate of drug-likeness (QED) is 0.379. The summed E-state index contributed by atoms with van der Waals surface area (Å²) in [4.78, 5) is 24.4. The van der Waals surface area contributed by atoms with Crippen LogP contribution in [-0.4, -0.2) is 11.8 Å². The van der Waals surface area contributed by atoms with Gasteiger partial charge in [0.2, 0.25) is 0 Å². The molecule has 0 N–H and O–H groups in total. The number of rotatable bonds is 4. The number of hydrogen-bond acceptors (Lipinski definition) is 3. The summed E-state index contributed by atoms with van der Waals surface area (Å²) in [7, 11) is 0. The van der Waals surface area contributed by atoms with Gasteiger partial charge in [0, 0.05) is 16.1 Å². The number of hydrogen-bond donors (Lipinski definition) is 0. The Bertz CT molecular complexity index is 918. The molecule has 0 saturated carbocycles. The highest BCUT2D eigenvalue weighted by molar-refractivity contribution is 6.30. The highest BCUT2D eigenvalue weighted by atomic mass is 35.5. The number of carbonyl (C=O) groups is 2. The predicted molar refractivity (Wildman–Crippen MR) is 92.7 cm³/mol. The highest BCUT2D eigenvalue weighted by Gasteiger charge is 2.12. The summed E-state index contributed by atoms with van der Waals surface area (Å²) in [6.07, 6.45) is 0. The minimum absolute atomic E-state index is 0.243. The zero-order chi connectivity index (χ0) is 17.8. The van der Waals surface area contributed by atoms with Crippen molar-refractivity contribution in [3.8, 4) is 5.75 Å². The van der Waals surface area contributed by atoms with Crippen molar-refractivity contribution in [2.75, 3.05) is 0 Å². The van der Waals surface area contributed by atoms with Crippen LogP contribution < -0.4 is 4.74 Å². The Morgan fingerprint density at radius 1 is 0.800 bits per heavy atom. The van der Waals surface area contributed by atoms with Gasteiger partial charge in [-0.3, -0.25) is 4.79 Å². The number of esters is 1. The van der Waals surface area contributed by atoms with Crippen molar-refractivity contribution in [2.45, 2.75) is 0 Å². The van der Waals surface area contributed by atoms with Gasteiger partial charge < -0.3 is 4.74 Å². The lowest BCUT2D eigenvalue weighted by atomic mass is 10.0. The second-order valence-electron chi connectivity index (χ2n) is 5.26. The maximum atomic E-state index is 12.9. The molecule has 0 bridgehead atoms. The molecular weight excluding hydrogens is 343 g/mol. The van der Waals surface area contributed by atoms with E-state index in [2.05, 4.69) is 0 Å². The van der Waals surface area contributed by atoms with Crippen molar-refractivity contribution < 1.29 is 18.7 Å². The van der Waals surface area contributed by atoms with Crippen molar-refractivity contribution in [1.29, 1.82) is 0 Å². The smallest absolute Gasteiger partial charge is 0.343 e. The molecule has 3 aromatic rings. The third-order valence-corrected chi connectivity index (χ3v) is 3.73. The Kier molecular flexibility index (Phi) is 4.91. The zero-order valence-electron chi connectivity index (χ0n) is 12.9. The van der Waals surface area contributed by atoms with Crippen molar-refractivity contribution in [2.24, 2.45) is 0 Å². The maximum absolute atomic E-state index is 12.9. The molecule has 0 aliphatic carbocycles. The van der Waals surface area contributed by atoms with Crippen molar-refractivity contribution in [3.63, 3.8) is 0 Å². The first-order valence-corrected chi connectivity index (χ1v) is 7.79. The molecule has 0 aliphatic heterocycles. The summed E-state index contributed by atoms with van der Waals surface area (Å²) in [6.45, 7) is 0. The average Bonchev–Trinajstić information content (AvgIpc) is 2.62. The number of carbonyl (C=O) groups excluding carboxylic acids is 2. The van der Waals surface area contributed by atoms with Crippen LogP contribution in [0.2, 0.25) is 5.02 Å². The zero-order valence-corrected chi connectivity index (χ0v) is 13.7. The van der Waals surface area contributed by atoms with E-state index in [1.54, 1.807) is 30.3 Å². The van der Waals surface area contributed by atoms with Gasteiger partial charge in [0.1, 0.15) is 11.6 Å². The lowest BCUT2D eigenvalue weighted by Gasteiger charge is -2.06. The molecule has 124 valence electrons. The Hall–Kier alpha value is -2.98. The van der Waals surface area contributed by atoms with Crippen LogP contribution in [0.3, 0.4) is 0 Å². The molecule has 3 rings (SSSR count). The van der Waals surface area contributed by atoms with Crippen LogP contribution in [-0.2, 0) is 0 Å². The van der Waals surface area contributed by atoms with Crippen molar-refractivity contribution in [3.05, 3.63) is 100 Å². The van der Waals surface area contributed by atoms with Crippen LogP contribution in [0.5, 0.6) is 5.75 Å². The molecule has 0 saturated heterocycles. The summed E-state index contributed by atoms with van der Waals surface area (Å²) < 4.78 is 18.2. The van der Waals surface area contributed by atoms with E-state index in [1.807, 2.05) is 0 Å². The van der Waals surface area contributed by atoms with Gasteiger partial charge in [0.15, 0.2) is 5.78 Å². The monoisotopic (exact) mass is 354 g/mol. The molecule has 3 nitrogen and oxygen atoms in total. The minimum atomic E-state index is -0.542. The number of ether oxygens (including phenoxy) is 1. The third kappa shape index (κ3) is 4.11. The van der Waals surface area contributed by atoms with Gasteiger partial charge in [0.05, 0.1) is 5.56 Å². The molecule has 0 unspecified atom stereocenters. The van der Waals surface area contributed by atoms with Crippen LogP contribution in [0.25, 0.3) is 0 Å². The van der Waals surface area contributed by atoms with E-state index in [9.17, 15) is 14.0 Å². The summed E-state index contributed by atoms with van der Waals surface area (Å²) in [5.41, 5.74) is 1.12. The summed E-state index contributed by atoms with van der Waals surface area (Å²) in [5.74, 6) is -0.881. The molecule has 0 radical (unpaired) electrons. The van der Waals surface area contributed by atoms with Gasteiger partial charge in [-0.1, -0.05) is 17.7 Å². The van der Waals surface area contributed by atoms with Crippen LogP contribution in [0, 0.1) is 5.82 Å². The fourth-order valence-corrected chi connectivity index (χ4v) is 2.41. The summed E-state index contributed by atoms with van der Waals surface area (Å²) >= 11 is 5.85. The van der Waals surface area contributed by atoms with E-state index >= 15 is 0 Å². The van der Waals surface area contributed by atoms with E-state index in [0.717, 1.165) is 0 Å². The van der Waals surface area contributed by atoms with Crippen molar-refractivity contribution >= 4 is 23.4 Å². The number of benzene rings is 3. The Labute approximate surface area is 148 Å². The second-order valence-corrected chi connectivity index (χ2v) is 5.70. The van der Waals surface area contributed by atoms with Gasteiger partial charge in [0.25, 0.3) is 0 Å². The Morgan fingerprint density at radius 2 is 1.40 bits per heavy atom. The second kappa shape index (κ2) is 7.28. The molecule has 0 spiro atoms. The lowest BCUT2D eigenvalue weighted by molar-refractivity contribution is 0.0734. The van der Waals surface area contributed by atoms with Gasteiger partial charge in [-0.25, -0.2) is 9.18 Å². The molecule has 0 fully saturated rings. The summed E-state index contributed by atoms with van der Waals surface area (Å²) in [5, 5.41) is 0.440. The van der Waals surface area contributed by atoms with E-state index in [-0.39, 0.29) is 5.78 Å². The lowest BCUT2D eigenvalue weighted by Crippen LogP contribution is -2.08.